The van der Waals surface area contributed by atoms with Gasteiger partial charge in [0.2, 0.25) is 0 Å². The van der Waals surface area contributed by atoms with E-state index in [1.807, 2.05) is 4.90 Å². The highest BCUT2D eigenvalue weighted by atomic mass is 35.5. The summed E-state index contributed by atoms with van der Waals surface area (Å²) in [6.07, 6.45) is 3.16. The normalized spacial score (nSPS) is 15.0. The van der Waals surface area contributed by atoms with Gasteiger partial charge in [-0.3, -0.25) is 10.2 Å². The fourth-order valence-electron chi connectivity index (χ4n) is 2.47. The fourth-order valence-corrected chi connectivity index (χ4v) is 2.60. The van der Waals surface area contributed by atoms with Gasteiger partial charge in [0.15, 0.2) is 5.96 Å². The first-order valence-electron chi connectivity index (χ1n) is 7.10. The van der Waals surface area contributed by atoms with Crippen LogP contribution in [0, 0.1) is 11.3 Å². The van der Waals surface area contributed by atoms with Crippen LogP contribution in [-0.2, 0) is 4.79 Å². The monoisotopic (exact) mass is 345 g/mol. The lowest BCUT2D eigenvalue weighted by atomic mass is 9.92. The van der Waals surface area contributed by atoms with Crippen molar-refractivity contribution < 1.29 is 9.53 Å². The fraction of sp³-hybridized carbons (Fsp3) is 0.467. The smallest absolute Gasteiger partial charge is 0.311 e. The highest BCUT2D eigenvalue weighted by Gasteiger charge is 2.20. The SMILES string of the molecule is Cl.N=C(N)N1CCC(CCC(=O)Oc2ccc(Cl)cc2)CC1. The van der Waals surface area contributed by atoms with Gasteiger partial charge in [-0.05, 0) is 49.4 Å². The van der Waals surface area contributed by atoms with E-state index in [2.05, 4.69) is 0 Å². The van der Waals surface area contributed by atoms with Gasteiger partial charge in [0.05, 0.1) is 0 Å². The Bertz CT molecular complexity index is 500. The van der Waals surface area contributed by atoms with Crippen molar-refractivity contribution in [2.75, 3.05) is 13.1 Å². The molecule has 0 unspecified atom stereocenters. The molecule has 1 aromatic rings. The van der Waals surface area contributed by atoms with Gasteiger partial charge in [-0.1, -0.05) is 11.6 Å². The van der Waals surface area contributed by atoms with Crippen LogP contribution in [0.2, 0.25) is 5.02 Å². The predicted molar refractivity (Wildman–Crippen MR) is 89.8 cm³/mol. The first-order valence-corrected chi connectivity index (χ1v) is 7.47. The molecule has 1 fully saturated rings. The summed E-state index contributed by atoms with van der Waals surface area (Å²) in [5.41, 5.74) is 5.46. The molecule has 1 aromatic carbocycles. The van der Waals surface area contributed by atoms with E-state index in [9.17, 15) is 4.79 Å². The number of nitrogens with zero attached hydrogens (tertiary/aromatic N) is 1. The first kappa shape index (κ1) is 18.6. The average Bonchev–Trinajstić information content (AvgIpc) is 2.48. The van der Waals surface area contributed by atoms with E-state index >= 15 is 0 Å². The first-order chi connectivity index (χ1) is 10.0. The van der Waals surface area contributed by atoms with E-state index in [0.29, 0.717) is 23.1 Å². The Balaban J connectivity index is 0.00000242. The third kappa shape index (κ3) is 5.73. The second-order valence-corrected chi connectivity index (χ2v) is 5.72. The van der Waals surface area contributed by atoms with Crippen molar-refractivity contribution in [2.24, 2.45) is 11.7 Å². The molecule has 0 amide bonds. The maximum atomic E-state index is 11.8. The number of esters is 1. The molecule has 122 valence electrons. The van der Waals surface area contributed by atoms with Crippen molar-refractivity contribution in [3.63, 3.8) is 0 Å². The van der Waals surface area contributed by atoms with Crippen molar-refractivity contribution in [3.8, 4) is 5.75 Å². The molecular formula is C15H21Cl2N3O2. The number of nitrogens with two attached hydrogens (primary N) is 1. The Hall–Kier alpha value is -1.46. The Labute approximate surface area is 141 Å². The summed E-state index contributed by atoms with van der Waals surface area (Å²) >= 11 is 5.78. The number of rotatable bonds is 4. The second-order valence-electron chi connectivity index (χ2n) is 5.28. The molecular weight excluding hydrogens is 325 g/mol. The van der Waals surface area contributed by atoms with Gasteiger partial charge < -0.3 is 15.4 Å². The van der Waals surface area contributed by atoms with Crippen LogP contribution < -0.4 is 10.5 Å². The number of hydrogen-bond acceptors (Lipinski definition) is 3. The summed E-state index contributed by atoms with van der Waals surface area (Å²) in [4.78, 5) is 13.7. The zero-order valence-electron chi connectivity index (χ0n) is 12.3. The second kappa shape index (κ2) is 8.86. The Morgan fingerprint density at radius 3 is 2.45 bits per heavy atom. The van der Waals surface area contributed by atoms with Gasteiger partial charge >= 0.3 is 5.97 Å². The summed E-state index contributed by atoms with van der Waals surface area (Å²) in [6, 6.07) is 6.76. The van der Waals surface area contributed by atoms with Crippen molar-refractivity contribution in [1.29, 1.82) is 5.41 Å². The number of likely N-dealkylation sites (tertiary alicyclic amines) is 1. The number of nitrogens with one attached hydrogen (secondary N) is 1. The molecule has 7 heteroatoms. The number of carbonyl (C=O) groups is 1. The number of benzene rings is 1. The lowest BCUT2D eigenvalue weighted by molar-refractivity contribution is -0.134. The molecule has 1 heterocycles. The van der Waals surface area contributed by atoms with Crippen LogP contribution in [0.5, 0.6) is 5.75 Å². The maximum Gasteiger partial charge on any atom is 0.311 e. The molecule has 1 saturated heterocycles. The predicted octanol–water partition coefficient (Wildman–Crippen LogP) is 3.05. The van der Waals surface area contributed by atoms with Gasteiger partial charge in [0.1, 0.15) is 5.75 Å². The molecule has 2 rings (SSSR count). The lowest BCUT2D eigenvalue weighted by Crippen LogP contribution is -2.42. The minimum absolute atomic E-state index is 0. The molecule has 0 aliphatic carbocycles. The van der Waals surface area contributed by atoms with Crippen LogP contribution in [0.25, 0.3) is 0 Å². The minimum Gasteiger partial charge on any atom is -0.427 e. The van der Waals surface area contributed by atoms with E-state index in [-0.39, 0.29) is 24.3 Å². The van der Waals surface area contributed by atoms with Gasteiger partial charge in [0, 0.05) is 24.5 Å². The standard InChI is InChI=1S/C15H20ClN3O2.ClH/c16-12-2-4-13(5-3-12)21-14(20)6-1-11-7-9-19(10-8-11)15(17)18;/h2-5,11H,1,6-10H2,(H3,17,18);1H. The Morgan fingerprint density at radius 1 is 1.32 bits per heavy atom. The van der Waals surface area contributed by atoms with Crippen LogP contribution in [0.15, 0.2) is 24.3 Å². The number of guanidine groups is 1. The third-order valence-electron chi connectivity index (χ3n) is 3.76. The van der Waals surface area contributed by atoms with Crippen LogP contribution >= 0.6 is 24.0 Å². The van der Waals surface area contributed by atoms with Gasteiger partial charge in [-0.15, -0.1) is 12.4 Å². The topological polar surface area (TPSA) is 79.4 Å². The highest BCUT2D eigenvalue weighted by molar-refractivity contribution is 6.30. The molecule has 0 atom stereocenters. The molecule has 0 spiro atoms. The summed E-state index contributed by atoms with van der Waals surface area (Å²) in [6.45, 7) is 1.60. The van der Waals surface area contributed by atoms with E-state index in [4.69, 9.17) is 27.5 Å². The summed E-state index contributed by atoms with van der Waals surface area (Å²) in [5, 5.41) is 8.00. The van der Waals surface area contributed by atoms with E-state index in [0.717, 1.165) is 32.4 Å². The van der Waals surface area contributed by atoms with E-state index in [1.165, 1.54) is 0 Å². The molecule has 1 aliphatic rings. The largest absolute Gasteiger partial charge is 0.427 e. The van der Waals surface area contributed by atoms with Gasteiger partial charge in [0.25, 0.3) is 0 Å². The Morgan fingerprint density at radius 2 is 1.91 bits per heavy atom. The molecule has 1 aliphatic heterocycles. The molecule has 5 nitrogen and oxygen atoms in total. The highest BCUT2D eigenvalue weighted by Crippen LogP contribution is 2.22. The number of ether oxygens (including phenoxy) is 1. The summed E-state index contributed by atoms with van der Waals surface area (Å²) in [5.74, 6) is 0.941. The molecule has 0 radical (unpaired) electrons. The molecule has 0 aromatic heterocycles. The molecule has 22 heavy (non-hydrogen) atoms. The average molecular weight is 346 g/mol. The van der Waals surface area contributed by atoms with Crippen molar-refractivity contribution in [1.82, 2.24) is 4.90 Å². The van der Waals surface area contributed by atoms with Crippen LogP contribution in [-0.4, -0.2) is 29.9 Å². The molecule has 0 bridgehead atoms. The minimum atomic E-state index is -0.216. The Kier molecular flexibility index (Phi) is 7.48. The van der Waals surface area contributed by atoms with E-state index < -0.39 is 0 Å². The number of piperidine rings is 1. The van der Waals surface area contributed by atoms with E-state index in [1.54, 1.807) is 24.3 Å². The third-order valence-corrected chi connectivity index (χ3v) is 4.01. The number of hydrogen-bond donors (Lipinski definition) is 2. The quantitative estimate of drug-likeness (QED) is 0.380. The van der Waals surface area contributed by atoms with Crippen LogP contribution in [0.3, 0.4) is 0 Å². The summed E-state index contributed by atoms with van der Waals surface area (Å²) < 4.78 is 5.26. The van der Waals surface area contributed by atoms with Gasteiger partial charge in [-0.2, -0.15) is 0 Å². The van der Waals surface area contributed by atoms with Gasteiger partial charge in [-0.25, -0.2) is 0 Å². The van der Waals surface area contributed by atoms with Crippen LogP contribution in [0.4, 0.5) is 0 Å². The van der Waals surface area contributed by atoms with Crippen LogP contribution in [0.1, 0.15) is 25.7 Å². The molecule has 0 saturated carbocycles. The van der Waals surface area contributed by atoms with Crippen molar-refractivity contribution in [2.45, 2.75) is 25.7 Å². The van der Waals surface area contributed by atoms with Crippen molar-refractivity contribution >= 4 is 35.9 Å². The number of carbonyl (C=O) groups excluding carboxylic acids is 1. The maximum absolute atomic E-state index is 11.8. The molecule has 3 N–H and O–H groups in total. The lowest BCUT2D eigenvalue weighted by Gasteiger charge is -2.31. The zero-order valence-corrected chi connectivity index (χ0v) is 13.8. The van der Waals surface area contributed by atoms with Crippen molar-refractivity contribution in [3.05, 3.63) is 29.3 Å². The summed E-state index contributed by atoms with van der Waals surface area (Å²) in [7, 11) is 0. The zero-order chi connectivity index (χ0) is 15.2. The number of halogens is 2.